The van der Waals surface area contributed by atoms with Gasteiger partial charge in [-0.15, -0.1) is 0 Å². The Morgan fingerprint density at radius 2 is 1.70 bits per heavy atom. The van der Waals surface area contributed by atoms with Crippen LogP contribution >= 0.6 is 0 Å². The van der Waals surface area contributed by atoms with Crippen LogP contribution in [-0.4, -0.2) is 50.7 Å². The maximum absolute atomic E-state index is 11.9. The third-order valence-electron chi connectivity index (χ3n) is 4.07. The van der Waals surface area contributed by atoms with E-state index in [9.17, 15) is 8.42 Å². The van der Waals surface area contributed by atoms with Crippen molar-refractivity contribution < 1.29 is 8.42 Å². The van der Waals surface area contributed by atoms with E-state index < -0.39 is 9.84 Å². The number of aromatic nitrogens is 1. The summed E-state index contributed by atoms with van der Waals surface area (Å²) < 4.78 is 23.8. The van der Waals surface area contributed by atoms with Gasteiger partial charge in [-0.05, 0) is 17.7 Å². The molecule has 0 N–H and O–H groups in total. The molecule has 6 heteroatoms. The van der Waals surface area contributed by atoms with E-state index in [-0.39, 0.29) is 0 Å². The van der Waals surface area contributed by atoms with Crippen molar-refractivity contribution in [3.63, 3.8) is 0 Å². The molecule has 0 atom stereocenters. The smallest absolute Gasteiger partial charge is 0.179 e. The summed E-state index contributed by atoms with van der Waals surface area (Å²) >= 11 is 0. The first-order chi connectivity index (χ1) is 11.0. The van der Waals surface area contributed by atoms with Gasteiger partial charge < -0.3 is 4.90 Å². The van der Waals surface area contributed by atoms with Gasteiger partial charge in [0.25, 0.3) is 0 Å². The van der Waals surface area contributed by atoms with Gasteiger partial charge in [0.1, 0.15) is 10.7 Å². The molecule has 0 unspecified atom stereocenters. The van der Waals surface area contributed by atoms with E-state index in [2.05, 4.69) is 39.0 Å². The van der Waals surface area contributed by atoms with Crippen LogP contribution in [0.3, 0.4) is 0 Å². The quantitative estimate of drug-likeness (QED) is 0.855. The molecule has 122 valence electrons. The summed E-state index contributed by atoms with van der Waals surface area (Å²) in [5.74, 6) is 0.578. The van der Waals surface area contributed by atoms with Crippen LogP contribution in [0.2, 0.25) is 0 Å². The van der Waals surface area contributed by atoms with Gasteiger partial charge >= 0.3 is 0 Å². The Balaban J connectivity index is 1.68. The number of sulfone groups is 1. The molecule has 2 aromatic rings. The molecule has 1 aliphatic rings. The summed E-state index contributed by atoms with van der Waals surface area (Å²) in [4.78, 5) is 9.07. The van der Waals surface area contributed by atoms with E-state index >= 15 is 0 Å². The summed E-state index contributed by atoms with van der Waals surface area (Å²) in [7, 11) is -3.26. The van der Waals surface area contributed by atoms with Crippen LogP contribution in [0.5, 0.6) is 0 Å². The van der Waals surface area contributed by atoms with Gasteiger partial charge in [0, 0.05) is 45.2 Å². The Morgan fingerprint density at radius 3 is 2.35 bits per heavy atom. The minimum absolute atomic E-state index is 0.316. The molecule has 0 bridgehead atoms. The number of hydrogen-bond acceptors (Lipinski definition) is 5. The molecule has 2 heterocycles. The lowest BCUT2D eigenvalue weighted by Crippen LogP contribution is -2.46. The fourth-order valence-electron chi connectivity index (χ4n) is 2.87. The normalized spacial score (nSPS) is 16.5. The van der Waals surface area contributed by atoms with E-state index in [0.29, 0.717) is 10.7 Å². The van der Waals surface area contributed by atoms with Crippen molar-refractivity contribution in [2.24, 2.45) is 0 Å². The van der Waals surface area contributed by atoms with Crippen LogP contribution in [0.4, 0.5) is 5.82 Å². The van der Waals surface area contributed by atoms with Crippen LogP contribution in [0.1, 0.15) is 5.56 Å². The molecule has 1 saturated heterocycles. The maximum Gasteiger partial charge on any atom is 0.179 e. The zero-order valence-electron chi connectivity index (χ0n) is 13.2. The molecule has 0 aliphatic carbocycles. The van der Waals surface area contributed by atoms with Gasteiger partial charge in [0.2, 0.25) is 0 Å². The minimum Gasteiger partial charge on any atom is -0.353 e. The summed E-state index contributed by atoms with van der Waals surface area (Å²) in [6.45, 7) is 4.29. The highest BCUT2D eigenvalue weighted by Gasteiger charge is 2.23. The van der Waals surface area contributed by atoms with Crippen molar-refractivity contribution >= 4 is 15.7 Å². The van der Waals surface area contributed by atoms with E-state index in [4.69, 9.17) is 0 Å². The van der Waals surface area contributed by atoms with Crippen LogP contribution in [0.25, 0.3) is 0 Å². The number of rotatable bonds is 4. The molecule has 0 amide bonds. The molecule has 0 saturated carbocycles. The first-order valence-corrected chi connectivity index (χ1v) is 9.59. The van der Waals surface area contributed by atoms with E-state index in [0.717, 1.165) is 32.7 Å². The molecule has 3 rings (SSSR count). The fraction of sp³-hybridized carbons (Fsp3) is 0.353. The molecular formula is C17H21N3O2S. The van der Waals surface area contributed by atoms with Crippen molar-refractivity contribution in [2.75, 3.05) is 37.3 Å². The maximum atomic E-state index is 11.9. The molecule has 1 aromatic carbocycles. The van der Waals surface area contributed by atoms with Gasteiger partial charge in [-0.2, -0.15) is 0 Å². The third kappa shape index (κ3) is 3.89. The highest BCUT2D eigenvalue weighted by molar-refractivity contribution is 7.90. The van der Waals surface area contributed by atoms with Gasteiger partial charge in [-0.25, -0.2) is 13.4 Å². The van der Waals surface area contributed by atoms with Crippen molar-refractivity contribution in [1.82, 2.24) is 9.88 Å². The number of pyridine rings is 1. The number of benzene rings is 1. The molecule has 0 spiro atoms. The average molecular weight is 331 g/mol. The van der Waals surface area contributed by atoms with E-state index in [1.54, 1.807) is 18.3 Å². The lowest BCUT2D eigenvalue weighted by molar-refractivity contribution is 0.249. The van der Waals surface area contributed by atoms with E-state index in [1.807, 2.05) is 6.07 Å². The standard InChI is InChI=1S/C17H21N3O2S/c1-23(21,22)16-8-5-9-18-17(16)20-12-10-19(11-13-20)14-15-6-3-2-4-7-15/h2-9H,10-14H2,1H3. The molecule has 1 aromatic heterocycles. The first kappa shape index (κ1) is 16.0. The van der Waals surface area contributed by atoms with Crippen LogP contribution < -0.4 is 4.90 Å². The second-order valence-electron chi connectivity index (χ2n) is 5.85. The van der Waals surface area contributed by atoms with Gasteiger partial charge in [-0.1, -0.05) is 30.3 Å². The number of nitrogens with zero attached hydrogens (tertiary/aromatic N) is 3. The topological polar surface area (TPSA) is 53.5 Å². The predicted octanol–water partition coefficient (Wildman–Crippen LogP) is 1.81. The Morgan fingerprint density at radius 1 is 1.00 bits per heavy atom. The summed E-state index contributed by atoms with van der Waals surface area (Å²) in [5, 5.41) is 0. The first-order valence-electron chi connectivity index (χ1n) is 7.70. The Hall–Kier alpha value is -1.92. The van der Waals surface area contributed by atoms with E-state index in [1.165, 1.54) is 11.8 Å². The van der Waals surface area contributed by atoms with Crippen LogP contribution in [-0.2, 0) is 16.4 Å². The summed E-state index contributed by atoms with van der Waals surface area (Å²) in [6, 6.07) is 13.7. The largest absolute Gasteiger partial charge is 0.353 e. The molecule has 1 aliphatic heterocycles. The van der Waals surface area contributed by atoms with Crippen molar-refractivity contribution in [3.05, 3.63) is 54.2 Å². The minimum atomic E-state index is -3.26. The van der Waals surface area contributed by atoms with Crippen molar-refractivity contribution in [3.8, 4) is 0 Å². The van der Waals surface area contributed by atoms with Crippen molar-refractivity contribution in [1.29, 1.82) is 0 Å². The van der Waals surface area contributed by atoms with Crippen LogP contribution in [0, 0.1) is 0 Å². The second kappa shape index (κ2) is 6.68. The SMILES string of the molecule is CS(=O)(=O)c1cccnc1N1CCN(Cc2ccccc2)CC1. The molecular weight excluding hydrogens is 310 g/mol. The highest BCUT2D eigenvalue weighted by atomic mass is 32.2. The Bertz CT molecular complexity index is 754. The van der Waals surface area contributed by atoms with Gasteiger partial charge in [-0.3, -0.25) is 4.90 Å². The summed E-state index contributed by atoms with van der Waals surface area (Å²) in [6.07, 6.45) is 2.89. The van der Waals surface area contributed by atoms with Crippen molar-refractivity contribution in [2.45, 2.75) is 11.4 Å². The Labute approximate surface area is 137 Å². The zero-order chi connectivity index (χ0) is 16.3. The number of hydrogen-bond donors (Lipinski definition) is 0. The average Bonchev–Trinajstić information content (AvgIpc) is 2.56. The lowest BCUT2D eigenvalue weighted by Gasteiger charge is -2.36. The van der Waals surface area contributed by atoms with Crippen LogP contribution in [0.15, 0.2) is 53.6 Å². The fourth-order valence-corrected chi connectivity index (χ4v) is 3.71. The molecule has 0 radical (unpaired) electrons. The molecule has 5 nitrogen and oxygen atoms in total. The summed E-state index contributed by atoms with van der Waals surface area (Å²) in [5.41, 5.74) is 1.30. The van der Waals surface area contributed by atoms with Gasteiger partial charge in [0.15, 0.2) is 9.84 Å². The lowest BCUT2D eigenvalue weighted by atomic mass is 10.2. The third-order valence-corrected chi connectivity index (χ3v) is 5.19. The number of piperazine rings is 1. The second-order valence-corrected chi connectivity index (χ2v) is 7.83. The highest BCUT2D eigenvalue weighted by Crippen LogP contribution is 2.23. The van der Waals surface area contributed by atoms with Gasteiger partial charge in [0.05, 0.1) is 0 Å². The molecule has 23 heavy (non-hydrogen) atoms. The Kier molecular flexibility index (Phi) is 4.63. The molecule has 1 fully saturated rings. The number of anilines is 1. The predicted molar refractivity (Wildman–Crippen MR) is 91.3 cm³/mol. The monoisotopic (exact) mass is 331 g/mol. The zero-order valence-corrected chi connectivity index (χ0v) is 14.0.